The van der Waals surface area contributed by atoms with Crippen molar-refractivity contribution in [2.45, 2.75) is 32.4 Å². The SMILES string of the molecule is Cc1ccc(N=C2NC(=O)[C@H](CC(=O)Nc3cc(Cl)ccc3C)S2)cc1C. The average molecular weight is 402 g/mol. The van der Waals surface area contributed by atoms with Crippen molar-refractivity contribution in [1.82, 2.24) is 5.32 Å². The number of aryl methyl sites for hydroxylation is 3. The topological polar surface area (TPSA) is 70.6 Å². The maximum absolute atomic E-state index is 12.3. The average Bonchev–Trinajstić information content (AvgIpc) is 2.93. The summed E-state index contributed by atoms with van der Waals surface area (Å²) >= 11 is 7.25. The van der Waals surface area contributed by atoms with Crippen molar-refractivity contribution in [3.63, 3.8) is 0 Å². The molecule has 1 atom stereocenters. The molecule has 1 saturated heterocycles. The molecule has 7 heteroatoms. The molecular formula is C20H20ClN3O2S. The number of nitrogens with zero attached hydrogens (tertiary/aromatic N) is 1. The number of hydrogen-bond donors (Lipinski definition) is 2. The van der Waals surface area contributed by atoms with Gasteiger partial charge in [0.15, 0.2) is 5.17 Å². The molecule has 2 aromatic rings. The molecular weight excluding hydrogens is 382 g/mol. The Balaban J connectivity index is 1.65. The van der Waals surface area contributed by atoms with E-state index in [-0.39, 0.29) is 18.2 Å². The van der Waals surface area contributed by atoms with E-state index in [0.717, 1.165) is 16.8 Å². The first-order chi connectivity index (χ1) is 12.8. The van der Waals surface area contributed by atoms with Gasteiger partial charge in [0, 0.05) is 17.1 Å². The van der Waals surface area contributed by atoms with Gasteiger partial charge in [0.1, 0.15) is 5.25 Å². The summed E-state index contributed by atoms with van der Waals surface area (Å²) in [6.07, 6.45) is 0.0639. The number of thioether (sulfide) groups is 1. The molecule has 2 aromatic carbocycles. The van der Waals surface area contributed by atoms with Crippen molar-refractivity contribution in [2.24, 2.45) is 4.99 Å². The van der Waals surface area contributed by atoms with Crippen LogP contribution in [0.25, 0.3) is 0 Å². The van der Waals surface area contributed by atoms with Crippen LogP contribution in [0.15, 0.2) is 41.4 Å². The molecule has 1 heterocycles. The van der Waals surface area contributed by atoms with Crippen LogP contribution in [0, 0.1) is 20.8 Å². The Labute approximate surface area is 167 Å². The third-order valence-corrected chi connectivity index (χ3v) is 5.66. The molecule has 0 aromatic heterocycles. The number of nitrogens with one attached hydrogen (secondary N) is 2. The van der Waals surface area contributed by atoms with Gasteiger partial charge in [-0.25, -0.2) is 4.99 Å². The van der Waals surface area contributed by atoms with Crippen LogP contribution < -0.4 is 10.6 Å². The van der Waals surface area contributed by atoms with E-state index in [9.17, 15) is 9.59 Å². The van der Waals surface area contributed by atoms with Crippen LogP contribution in [0.4, 0.5) is 11.4 Å². The highest BCUT2D eigenvalue weighted by Gasteiger charge is 2.32. The predicted molar refractivity (Wildman–Crippen MR) is 112 cm³/mol. The van der Waals surface area contributed by atoms with E-state index >= 15 is 0 Å². The second-order valence-corrected chi connectivity index (χ2v) is 8.12. The minimum atomic E-state index is -0.505. The van der Waals surface area contributed by atoms with E-state index in [4.69, 9.17) is 11.6 Å². The largest absolute Gasteiger partial charge is 0.326 e. The summed E-state index contributed by atoms with van der Waals surface area (Å²) in [5.74, 6) is -0.444. The van der Waals surface area contributed by atoms with Gasteiger partial charge in [-0.1, -0.05) is 35.5 Å². The van der Waals surface area contributed by atoms with Crippen molar-refractivity contribution >= 4 is 51.7 Å². The van der Waals surface area contributed by atoms with Crippen molar-refractivity contribution in [3.8, 4) is 0 Å². The summed E-state index contributed by atoms with van der Waals surface area (Å²) in [4.78, 5) is 29.0. The van der Waals surface area contributed by atoms with Crippen LogP contribution in [0.2, 0.25) is 5.02 Å². The molecule has 0 bridgehead atoms. The number of amides is 2. The lowest BCUT2D eigenvalue weighted by Crippen LogP contribution is -2.28. The molecule has 2 N–H and O–H groups in total. The lowest BCUT2D eigenvalue weighted by atomic mass is 10.1. The maximum atomic E-state index is 12.3. The van der Waals surface area contributed by atoms with E-state index in [2.05, 4.69) is 15.6 Å². The van der Waals surface area contributed by atoms with Crippen LogP contribution in [-0.4, -0.2) is 22.2 Å². The molecule has 5 nitrogen and oxygen atoms in total. The third kappa shape index (κ3) is 4.90. The highest BCUT2D eigenvalue weighted by Crippen LogP contribution is 2.27. The molecule has 27 heavy (non-hydrogen) atoms. The van der Waals surface area contributed by atoms with Gasteiger partial charge >= 0.3 is 0 Å². The van der Waals surface area contributed by atoms with Crippen molar-refractivity contribution in [3.05, 3.63) is 58.1 Å². The molecule has 0 spiro atoms. The molecule has 0 aliphatic carbocycles. The Morgan fingerprint density at radius 2 is 1.89 bits per heavy atom. The lowest BCUT2D eigenvalue weighted by molar-refractivity contribution is -0.122. The fraction of sp³-hybridized carbons (Fsp3) is 0.250. The molecule has 1 fully saturated rings. The molecule has 1 aliphatic heterocycles. The summed E-state index contributed by atoms with van der Waals surface area (Å²) in [6.45, 7) is 5.94. The van der Waals surface area contributed by atoms with Gasteiger partial charge in [0.25, 0.3) is 0 Å². The van der Waals surface area contributed by atoms with Gasteiger partial charge < -0.3 is 10.6 Å². The smallest absolute Gasteiger partial charge is 0.240 e. The van der Waals surface area contributed by atoms with Crippen LogP contribution in [-0.2, 0) is 9.59 Å². The maximum Gasteiger partial charge on any atom is 0.240 e. The van der Waals surface area contributed by atoms with Crippen molar-refractivity contribution in [2.75, 3.05) is 5.32 Å². The summed E-state index contributed by atoms with van der Waals surface area (Å²) in [6, 6.07) is 11.2. The van der Waals surface area contributed by atoms with E-state index < -0.39 is 5.25 Å². The van der Waals surface area contributed by atoms with Crippen LogP contribution in [0.5, 0.6) is 0 Å². The summed E-state index contributed by atoms with van der Waals surface area (Å²) < 4.78 is 0. The Kier molecular flexibility index (Phi) is 5.87. The highest BCUT2D eigenvalue weighted by atomic mass is 35.5. The predicted octanol–water partition coefficient (Wildman–Crippen LogP) is 4.51. The number of aliphatic imine (C=N–C) groups is 1. The standard InChI is InChI=1S/C20H20ClN3O2S/c1-11-5-7-15(8-13(11)3)22-20-24-19(26)17(27-20)10-18(25)23-16-9-14(21)6-4-12(16)2/h4-9,17H,10H2,1-3H3,(H,23,25)(H,22,24,26)/t17-/m0/s1. The number of rotatable bonds is 4. The van der Waals surface area contributed by atoms with Gasteiger partial charge in [-0.3, -0.25) is 9.59 Å². The van der Waals surface area contributed by atoms with Crippen LogP contribution in [0.1, 0.15) is 23.1 Å². The molecule has 1 aliphatic rings. The first kappa shape index (κ1) is 19.5. The van der Waals surface area contributed by atoms with Gasteiger partial charge in [-0.05, 0) is 61.7 Å². The number of carbonyl (C=O) groups is 2. The fourth-order valence-electron chi connectivity index (χ4n) is 2.60. The zero-order chi connectivity index (χ0) is 19.6. The number of benzene rings is 2. The number of amidine groups is 1. The molecule has 0 unspecified atom stereocenters. The van der Waals surface area contributed by atoms with Gasteiger partial charge in [-0.2, -0.15) is 0 Å². The molecule has 0 radical (unpaired) electrons. The van der Waals surface area contributed by atoms with Crippen LogP contribution >= 0.6 is 23.4 Å². The van der Waals surface area contributed by atoms with E-state index in [1.807, 2.05) is 45.0 Å². The monoisotopic (exact) mass is 401 g/mol. The third-order valence-electron chi connectivity index (χ3n) is 4.34. The second-order valence-electron chi connectivity index (χ2n) is 6.49. The first-order valence-electron chi connectivity index (χ1n) is 8.51. The molecule has 140 valence electrons. The Morgan fingerprint density at radius 3 is 2.63 bits per heavy atom. The summed E-state index contributed by atoms with van der Waals surface area (Å²) in [7, 11) is 0. The first-order valence-corrected chi connectivity index (χ1v) is 9.77. The van der Waals surface area contributed by atoms with E-state index in [1.165, 1.54) is 17.3 Å². The summed E-state index contributed by atoms with van der Waals surface area (Å²) in [5.41, 5.74) is 4.67. The number of halogens is 1. The summed E-state index contributed by atoms with van der Waals surface area (Å²) in [5, 5.41) is 6.13. The van der Waals surface area contributed by atoms with Gasteiger partial charge in [0.05, 0.1) is 5.69 Å². The molecule has 3 rings (SSSR count). The number of hydrogen-bond acceptors (Lipinski definition) is 4. The van der Waals surface area contributed by atoms with E-state index in [0.29, 0.717) is 15.9 Å². The van der Waals surface area contributed by atoms with Crippen molar-refractivity contribution < 1.29 is 9.59 Å². The Hall–Kier alpha value is -2.31. The quantitative estimate of drug-likeness (QED) is 0.791. The number of anilines is 1. The van der Waals surface area contributed by atoms with Gasteiger partial charge in [-0.15, -0.1) is 0 Å². The molecule has 0 saturated carbocycles. The Morgan fingerprint density at radius 1 is 1.15 bits per heavy atom. The second kappa shape index (κ2) is 8.15. The lowest BCUT2D eigenvalue weighted by Gasteiger charge is -2.10. The normalized spacial score (nSPS) is 17.9. The number of carbonyl (C=O) groups excluding carboxylic acids is 2. The van der Waals surface area contributed by atoms with Crippen molar-refractivity contribution in [1.29, 1.82) is 0 Å². The van der Waals surface area contributed by atoms with Gasteiger partial charge in [0.2, 0.25) is 11.8 Å². The minimum absolute atomic E-state index is 0.0639. The fourth-order valence-corrected chi connectivity index (χ4v) is 3.76. The zero-order valence-electron chi connectivity index (χ0n) is 15.3. The zero-order valence-corrected chi connectivity index (χ0v) is 16.9. The molecule has 2 amide bonds. The van der Waals surface area contributed by atoms with E-state index in [1.54, 1.807) is 12.1 Å². The Bertz CT molecular complexity index is 943. The van der Waals surface area contributed by atoms with Crippen LogP contribution in [0.3, 0.4) is 0 Å². The highest BCUT2D eigenvalue weighted by molar-refractivity contribution is 8.15. The minimum Gasteiger partial charge on any atom is -0.326 e.